The van der Waals surface area contributed by atoms with Gasteiger partial charge in [-0.1, -0.05) is 34.1 Å². The van der Waals surface area contributed by atoms with E-state index in [9.17, 15) is 14.4 Å². The van der Waals surface area contributed by atoms with E-state index in [1.165, 1.54) is 4.90 Å². The van der Waals surface area contributed by atoms with Gasteiger partial charge in [0, 0.05) is 24.0 Å². The van der Waals surface area contributed by atoms with Crippen LogP contribution in [0.15, 0.2) is 28.7 Å². The van der Waals surface area contributed by atoms with Gasteiger partial charge in [0.1, 0.15) is 0 Å². The maximum Gasteiger partial charge on any atom is 0.324 e. The van der Waals surface area contributed by atoms with Crippen LogP contribution in [0.25, 0.3) is 0 Å². The molecule has 3 rings (SSSR count). The predicted molar refractivity (Wildman–Crippen MR) is 83.1 cm³/mol. The molecule has 7 heteroatoms. The number of amides is 4. The zero-order valence-electron chi connectivity index (χ0n) is 11.9. The van der Waals surface area contributed by atoms with Crippen LogP contribution in [0.5, 0.6) is 0 Å². The molecule has 22 heavy (non-hydrogen) atoms. The van der Waals surface area contributed by atoms with Crippen LogP contribution in [-0.2, 0) is 16.0 Å². The number of carbonyl (C=O) groups excluding carboxylic acids is 3. The van der Waals surface area contributed by atoms with Gasteiger partial charge in [-0.15, -0.1) is 0 Å². The predicted octanol–water partition coefficient (Wildman–Crippen LogP) is 1.14. The van der Waals surface area contributed by atoms with Gasteiger partial charge < -0.3 is 10.2 Å². The zero-order valence-corrected chi connectivity index (χ0v) is 13.5. The van der Waals surface area contributed by atoms with E-state index in [0.29, 0.717) is 25.9 Å². The van der Waals surface area contributed by atoms with E-state index in [0.717, 1.165) is 10.0 Å². The molecule has 0 bridgehead atoms. The highest BCUT2D eigenvalue weighted by molar-refractivity contribution is 9.10. The van der Waals surface area contributed by atoms with Crippen molar-refractivity contribution in [3.05, 3.63) is 34.3 Å². The van der Waals surface area contributed by atoms with Gasteiger partial charge in [-0.25, -0.2) is 4.79 Å². The van der Waals surface area contributed by atoms with Crippen molar-refractivity contribution in [2.75, 3.05) is 19.6 Å². The third kappa shape index (κ3) is 2.85. The standard InChI is InChI=1S/C15H16BrN3O3/c16-12-4-2-1-3-10(12)5-6-13(20)18-8-11(9-18)19-14(21)7-17-15(19)22/h1-4,11H,5-9H2,(H,17,22). The number of urea groups is 1. The van der Waals surface area contributed by atoms with E-state index < -0.39 is 0 Å². The number of hydrogen-bond acceptors (Lipinski definition) is 3. The van der Waals surface area contributed by atoms with Crippen molar-refractivity contribution in [1.29, 1.82) is 0 Å². The molecule has 1 aromatic rings. The number of carbonyl (C=O) groups is 3. The summed E-state index contributed by atoms with van der Waals surface area (Å²) in [4.78, 5) is 38.2. The van der Waals surface area contributed by atoms with E-state index in [1.807, 2.05) is 24.3 Å². The largest absolute Gasteiger partial charge is 0.338 e. The molecular formula is C15H16BrN3O3. The Balaban J connectivity index is 1.49. The lowest BCUT2D eigenvalue weighted by molar-refractivity contribution is -0.142. The number of imide groups is 1. The van der Waals surface area contributed by atoms with Crippen LogP contribution in [0.3, 0.4) is 0 Å². The molecule has 6 nitrogen and oxygen atoms in total. The van der Waals surface area contributed by atoms with E-state index >= 15 is 0 Å². The summed E-state index contributed by atoms with van der Waals surface area (Å²) in [6.45, 7) is 0.938. The SMILES string of the molecule is O=C(CCc1ccccc1Br)N1CC(N2C(=O)CNC2=O)C1. The van der Waals surface area contributed by atoms with Crippen molar-refractivity contribution in [1.82, 2.24) is 15.1 Å². The quantitative estimate of drug-likeness (QED) is 0.813. The van der Waals surface area contributed by atoms with Crippen LogP contribution >= 0.6 is 15.9 Å². The zero-order chi connectivity index (χ0) is 15.7. The Morgan fingerprint density at radius 3 is 2.64 bits per heavy atom. The second-order valence-corrected chi connectivity index (χ2v) is 6.32. The van der Waals surface area contributed by atoms with Crippen LogP contribution < -0.4 is 5.32 Å². The van der Waals surface area contributed by atoms with Crippen molar-refractivity contribution in [3.8, 4) is 0 Å². The molecule has 0 radical (unpaired) electrons. The molecule has 0 aromatic heterocycles. The molecular weight excluding hydrogens is 350 g/mol. The van der Waals surface area contributed by atoms with Crippen molar-refractivity contribution in [2.45, 2.75) is 18.9 Å². The summed E-state index contributed by atoms with van der Waals surface area (Å²) >= 11 is 3.47. The number of nitrogens with one attached hydrogen (secondary N) is 1. The highest BCUT2D eigenvalue weighted by Gasteiger charge is 2.42. The minimum Gasteiger partial charge on any atom is -0.338 e. The topological polar surface area (TPSA) is 69.7 Å². The second kappa shape index (κ2) is 6.08. The van der Waals surface area contributed by atoms with Gasteiger partial charge in [0.25, 0.3) is 0 Å². The fraction of sp³-hybridized carbons (Fsp3) is 0.400. The second-order valence-electron chi connectivity index (χ2n) is 5.47. The molecule has 0 spiro atoms. The van der Waals surface area contributed by atoms with Gasteiger partial charge in [-0.05, 0) is 18.1 Å². The summed E-state index contributed by atoms with van der Waals surface area (Å²) in [5.74, 6) is -0.158. The Hall–Kier alpha value is -1.89. The Morgan fingerprint density at radius 2 is 2.00 bits per heavy atom. The first-order chi connectivity index (χ1) is 10.6. The van der Waals surface area contributed by atoms with Gasteiger partial charge in [0.15, 0.2) is 0 Å². The highest BCUT2D eigenvalue weighted by atomic mass is 79.9. The molecule has 2 aliphatic heterocycles. The van der Waals surface area contributed by atoms with Crippen molar-refractivity contribution in [3.63, 3.8) is 0 Å². The van der Waals surface area contributed by atoms with Gasteiger partial charge in [0.2, 0.25) is 11.8 Å². The number of hydrogen-bond donors (Lipinski definition) is 1. The van der Waals surface area contributed by atoms with Crippen LogP contribution in [-0.4, -0.2) is 53.3 Å². The molecule has 4 amide bonds. The number of nitrogens with zero attached hydrogens (tertiary/aromatic N) is 2. The average molecular weight is 366 g/mol. The lowest BCUT2D eigenvalue weighted by Crippen LogP contribution is -2.62. The minimum absolute atomic E-state index is 0.0547. The Bertz CT molecular complexity index is 612. The summed E-state index contributed by atoms with van der Waals surface area (Å²) in [6, 6.07) is 7.30. The van der Waals surface area contributed by atoms with E-state index in [1.54, 1.807) is 4.90 Å². The van der Waals surface area contributed by atoms with Gasteiger partial charge >= 0.3 is 6.03 Å². The Labute approximate surface area is 136 Å². The third-order valence-electron chi connectivity index (χ3n) is 4.02. The van der Waals surface area contributed by atoms with Crippen LogP contribution in [0.1, 0.15) is 12.0 Å². The summed E-state index contributed by atoms with van der Waals surface area (Å²) in [5.41, 5.74) is 1.10. The molecule has 2 heterocycles. The fourth-order valence-corrected chi connectivity index (χ4v) is 3.21. The fourth-order valence-electron chi connectivity index (χ4n) is 2.73. The van der Waals surface area contributed by atoms with Crippen LogP contribution in [0.2, 0.25) is 0 Å². The van der Waals surface area contributed by atoms with Crippen molar-refractivity contribution < 1.29 is 14.4 Å². The van der Waals surface area contributed by atoms with E-state index in [-0.39, 0.29) is 30.4 Å². The first kappa shape index (κ1) is 15.0. The van der Waals surface area contributed by atoms with Gasteiger partial charge in [-0.3, -0.25) is 14.5 Å². The lowest BCUT2D eigenvalue weighted by Gasteiger charge is -2.42. The van der Waals surface area contributed by atoms with Gasteiger partial charge in [0.05, 0.1) is 12.6 Å². The molecule has 0 unspecified atom stereocenters. The summed E-state index contributed by atoms with van der Waals surface area (Å²) in [6.07, 6.45) is 1.10. The summed E-state index contributed by atoms with van der Waals surface area (Å²) in [5, 5.41) is 2.49. The number of rotatable bonds is 4. The number of benzene rings is 1. The molecule has 0 aliphatic carbocycles. The minimum atomic E-state index is -0.352. The normalized spacial score (nSPS) is 18.4. The Kier molecular flexibility index (Phi) is 4.15. The van der Waals surface area contributed by atoms with Crippen molar-refractivity contribution >= 4 is 33.8 Å². The van der Waals surface area contributed by atoms with Crippen LogP contribution in [0.4, 0.5) is 4.79 Å². The lowest BCUT2D eigenvalue weighted by atomic mass is 10.0. The maximum atomic E-state index is 12.1. The smallest absolute Gasteiger partial charge is 0.324 e. The number of likely N-dealkylation sites (tertiary alicyclic amines) is 1. The average Bonchev–Trinajstić information content (AvgIpc) is 2.77. The summed E-state index contributed by atoms with van der Waals surface area (Å²) < 4.78 is 1.00. The molecule has 1 aromatic carbocycles. The number of halogens is 1. The molecule has 1 N–H and O–H groups in total. The van der Waals surface area contributed by atoms with Gasteiger partial charge in [-0.2, -0.15) is 0 Å². The first-order valence-electron chi connectivity index (χ1n) is 7.17. The molecule has 2 saturated heterocycles. The highest BCUT2D eigenvalue weighted by Crippen LogP contribution is 2.21. The van der Waals surface area contributed by atoms with Crippen molar-refractivity contribution in [2.24, 2.45) is 0 Å². The van der Waals surface area contributed by atoms with E-state index in [4.69, 9.17) is 0 Å². The third-order valence-corrected chi connectivity index (χ3v) is 4.80. The van der Waals surface area contributed by atoms with Crippen LogP contribution in [0, 0.1) is 0 Å². The maximum absolute atomic E-state index is 12.1. The molecule has 2 aliphatic rings. The van der Waals surface area contributed by atoms with E-state index in [2.05, 4.69) is 21.2 Å². The molecule has 2 fully saturated rings. The molecule has 116 valence electrons. The molecule has 0 saturated carbocycles. The first-order valence-corrected chi connectivity index (χ1v) is 7.96. The summed E-state index contributed by atoms with van der Waals surface area (Å²) in [7, 11) is 0. The molecule has 0 atom stereocenters. The monoisotopic (exact) mass is 365 g/mol. The number of aryl methyl sites for hydroxylation is 1. The Morgan fingerprint density at radius 1 is 1.27 bits per heavy atom.